The van der Waals surface area contributed by atoms with Gasteiger partial charge < -0.3 is 14.8 Å². The SMILES string of the molecule is COCCOc1ccc(NC(=O)/C=C/c2c(C)nn(Cc3ccccc3Cl)c2C)cc1. The zero-order valence-corrected chi connectivity index (χ0v) is 18.6. The van der Waals surface area contributed by atoms with Crippen molar-refractivity contribution in [3.63, 3.8) is 0 Å². The Morgan fingerprint density at radius 1 is 1.13 bits per heavy atom. The number of nitrogens with one attached hydrogen (secondary N) is 1. The molecule has 0 bridgehead atoms. The van der Waals surface area contributed by atoms with Crippen molar-refractivity contribution in [3.8, 4) is 5.75 Å². The van der Waals surface area contributed by atoms with Gasteiger partial charge in [-0.25, -0.2) is 0 Å². The molecule has 1 aromatic heterocycles. The van der Waals surface area contributed by atoms with E-state index in [4.69, 9.17) is 21.1 Å². The third-order valence-electron chi connectivity index (χ3n) is 4.79. The molecule has 0 saturated heterocycles. The Bertz CT molecular complexity index is 1060. The Morgan fingerprint density at radius 2 is 1.87 bits per heavy atom. The molecule has 1 N–H and O–H groups in total. The van der Waals surface area contributed by atoms with Crippen LogP contribution in [0.3, 0.4) is 0 Å². The van der Waals surface area contributed by atoms with Gasteiger partial charge in [0.15, 0.2) is 0 Å². The highest BCUT2D eigenvalue weighted by atomic mass is 35.5. The van der Waals surface area contributed by atoms with E-state index >= 15 is 0 Å². The minimum absolute atomic E-state index is 0.217. The highest BCUT2D eigenvalue weighted by Crippen LogP contribution is 2.20. The minimum atomic E-state index is -0.217. The summed E-state index contributed by atoms with van der Waals surface area (Å²) in [7, 11) is 1.63. The lowest BCUT2D eigenvalue weighted by Crippen LogP contribution is -2.08. The Hall–Kier alpha value is -3.09. The average Bonchev–Trinajstić information content (AvgIpc) is 3.02. The Labute approximate surface area is 187 Å². The molecule has 0 aliphatic rings. The second-order valence-electron chi connectivity index (χ2n) is 7.02. The number of amides is 1. The van der Waals surface area contributed by atoms with Gasteiger partial charge in [-0.05, 0) is 55.8 Å². The first kappa shape index (κ1) is 22.6. The summed E-state index contributed by atoms with van der Waals surface area (Å²) in [5.41, 5.74) is 4.43. The number of anilines is 1. The number of carbonyl (C=O) groups excluding carboxylic acids is 1. The predicted molar refractivity (Wildman–Crippen MR) is 124 cm³/mol. The van der Waals surface area contributed by atoms with Gasteiger partial charge in [-0.3, -0.25) is 9.48 Å². The summed E-state index contributed by atoms with van der Waals surface area (Å²) < 4.78 is 12.4. The van der Waals surface area contributed by atoms with Crippen LogP contribution in [0.25, 0.3) is 6.08 Å². The third kappa shape index (κ3) is 6.20. The van der Waals surface area contributed by atoms with Gasteiger partial charge in [0, 0.05) is 35.2 Å². The van der Waals surface area contributed by atoms with Gasteiger partial charge in [0.25, 0.3) is 0 Å². The van der Waals surface area contributed by atoms with E-state index in [-0.39, 0.29) is 5.91 Å². The van der Waals surface area contributed by atoms with Crippen LogP contribution in [0.15, 0.2) is 54.6 Å². The molecule has 31 heavy (non-hydrogen) atoms. The number of carbonyl (C=O) groups is 1. The summed E-state index contributed by atoms with van der Waals surface area (Å²) in [6.07, 6.45) is 3.30. The van der Waals surface area contributed by atoms with Gasteiger partial charge in [-0.2, -0.15) is 5.10 Å². The van der Waals surface area contributed by atoms with Crippen molar-refractivity contribution in [1.29, 1.82) is 0 Å². The molecular formula is C24H26ClN3O3. The molecule has 0 saturated carbocycles. The van der Waals surface area contributed by atoms with Crippen LogP contribution in [0.4, 0.5) is 5.69 Å². The molecule has 0 atom stereocenters. The quantitative estimate of drug-likeness (QED) is 0.381. The number of ether oxygens (including phenoxy) is 2. The first-order valence-electron chi connectivity index (χ1n) is 9.96. The summed E-state index contributed by atoms with van der Waals surface area (Å²) >= 11 is 6.27. The summed E-state index contributed by atoms with van der Waals surface area (Å²) in [5.74, 6) is 0.508. The first-order valence-corrected chi connectivity index (χ1v) is 10.3. The van der Waals surface area contributed by atoms with Gasteiger partial charge in [0.1, 0.15) is 12.4 Å². The Kier molecular flexibility index (Phi) is 7.87. The van der Waals surface area contributed by atoms with Gasteiger partial charge in [0.2, 0.25) is 5.91 Å². The van der Waals surface area contributed by atoms with Crippen molar-refractivity contribution in [2.45, 2.75) is 20.4 Å². The molecule has 1 heterocycles. The molecule has 6 nitrogen and oxygen atoms in total. The maximum absolute atomic E-state index is 12.4. The zero-order valence-electron chi connectivity index (χ0n) is 17.9. The standard InChI is InChI=1S/C24H26ClN3O3/c1-17-22(18(2)28(27-17)16-19-6-4-5-7-23(19)25)12-13-24(29)26-20-8-10-21(11-9-20)31-15-14-30-3/h4-13H,14-16H2,1-3H3,(H,26,29)/b13-12+. The number of halogens is 1. The van der Waals surface area contributed by atoms with E-state index in [0.29, 0.717) is 30.5 Å². The van der Waals surface area contributed by atoms with E-state index in [1.165, 1.54) is 6.08 Å². The molecule has 3 aromatic rings. The van der Waals surface area contributed by atoms with E-state index in [1.54, 1.807) is 25.3 Å². The van der Waals surface area contributed by atoms with E-state index in [0.717, 1.165) is 28.3 Å². The van der Waals surface area contributed by atoms with Crippen LogP contribution in [0.2, 0.25) is 5.02 Å². The van der Waals surface area contributed by atoms with E-state index in [9.17, 15) is 4.79 Å². The van der Waals surface area contributed by atoms with Crippen molar-refractivity contribution in [2.24, 2.45) is 0 Å². The molecule has 162 valence electrons. The maximum atomic E-state index is 12.4. The monoisotopic (exact) mass is 439 g/mol. The molecular weight excluding hydrogens is 414 g/mol. The van der Waals surface area contributed by atoms with Gasteiger partial charge in [0.05, 0.1) is 18.8 Å². The smallest absolute Gasteiger partial charge is 0.248 e. The van der Waals surface area contributed by atoms with Crippen molar-refractivity contribution in [2.75, 3.05) is 25.6 Å². The Balaban J connectivity index is 1.63. The highest BCUT2D eigenvalue weighted by Gasteiger charge is 2.11. The molecule has 0 fully saturated rings. The fourth-order valence-electron chi connectivity index (χ4n) is 3.11. The molecule has 1 amide bonds. The summed E-state index contributed by atoms with van der Waals surface area (Å²) in [6, 6.07) is 14.9. The topological polar surface area (TPSA) is 65.4 Å². The molecule has 2 aromatic carbocycles. The molecule has 3 rings (SSSR count). The second kappa shape index (κ2) is 10.8. The van der Waals surface area contributed by atoms with E-state index < -0.39 is 0 Å². The number of aryl methyl sites for hydroxylation is 1. The number of hydrogen-bond donors (Lipinski definition) is 1. The lowest BCUT2D eigenvalue weighted by atomic mass is 10.1. The van der Waals surface area contributed by atoms with Crippen LogP contribution in [-0.2, 0) is 16.1 Å². The summed E-state index contributed by atoms with van der Waals surface area (Å²) in [6.45, 7) is 5.49. The average molecular weight is 440 g/mol. The Morgan fingerprint density at radius 3 is 2.58 bits per heavy atom. The molecule has 0 unspecified atom stereocenters. The molecule has 0 spiro atoms. The van der Waals surface area contributed by atoms with E-state index in [1.807, 2.05) is 54.9 Å². The number of nitrogens with zero attached hydrogens (tertiary/aromatic N) is 2. The highest BCUT2D eigenvalue weighted by molar-refractivity contribution is 6.31. The lowest BCUT2D eigenvalue weighted by Gasteiger charge is -2.07. The second-order valence-corrected chi connectivity index (χ2v) is 7.43. The van der Waals surface area contributed by atoms with Gasteiger partial charge >= 0.3 is 0 Å². The predicted octanol–water partition coefficient (Wildman–Crippen LogP) is 4.88. The van der Waals surface area contributed by atoms with Crippen molar-refractivity contribution >= 4 is 29.3 Å². The number of aromatic nitrogens is 2. The molecule has 0 radical (unpaired) electrons. The van der Waals surface area contributed by atoms with Crippen LogP contribution < -0.4 is 10.1 Å². The van der Waals surface area contributed by atoms with Crippen LogP contribution in [-0.4, -0.2) is 36.0 Å². The molecule has 7 heteroatoms. The van der Waals surface area contributed by atoms with Crippen molar-refractivity contribution in [3.05, 3.63) is 82.1 Å². The third-order valence-corrected chi connectivity index (χ3v) is 5.16. The normalized spacial score (nSPS) is 11.1. The van der Waals surface area contributed by atoms with Crippen molar-refractivity contribution in [1.82, 2.24) is 9.78 Å². The van der Waals surface area contributed by atoms with E-state index in [2.05, 4.69) is 10.4 Å². The number of benzene rings is 2. The number of methoxy groups -OCH3 is 1. The maximum Gasteiger partial charge on any atom is 0.248 e. The number of rotatable bonds is 9. The summed E-state index contributed by atoms with van der Waals surface area (Å²) in [4.78, 5) is 12.4. The number of hydrogen-bond acceptors (Lipinski definition) is 4. The zero-order chi connectivity index (χ0) is 22.2. The van der Waals surface area contributed by atoms with Crippen LogP contribution in [0.1, 0.15) is 22.5 Å². The fourth-order valence-corrected chi connectivity index (χ4v) is 3.31. The summed E-state index contributed by atoms with van der Waals surface area (Å²) in [5, 5.41) is 8.16. The molecule has 0 aliphatic heterocycles. The first-order chi connectivity index (χ1) is 15.0. The van der Waals surface area contributed by atoms with Crippen LogP contribution in [0, 0.1) is 13.8 Å². The lowest BCUT2D eigenvalue weighted by molar-refractivity contribution is -0.111. The van der Waals surface area contributed by atoms with Crippen LogP contribution in [0.5, 0.6) is 5.75 Å². The fraction of sp³-hybridized carbons (Fsp3) is 0.250. The van der Waals surface area contributed by atoms with Gasteiger partial charge in [-0.15, -0.1) is 0 Å². The van der Waals surface area contributed by atoms with Gasteiger partial charge in [-0.1, -0.05) is 29.8 Å². The largest absolute Gasteiger partial charge is 0.491 e. The van der Waals surface area contributed by atoms with Crippen LogP contribution >= 0.6 is 11.6 Å². The van der Waals surface area contributed by atoms with Crippen molar-refractivity contribution < 1.29 is 14.3 Å². The molecule has 0 aliphatic carbocycles. The minimum Gasteiger partial charge on any atom is -0.491 e.